The number of sulfonamides is 1. The quantitative estimate of drug-likeness (QED) is 0.675. The van der Waals surface area contributed by atoms with Gasteiger partial charge in [0.05, 0.1) is 27.2 Å². The van der Waals surface area contributed by atoms with Gasteiger partial charge in [-0.15, -0.1) is 0 Å². The van der Waals surface area contributed by atoms with Crippen LogP contribution >= 0.6 is 23.2 Å². The first kappa shape index (κ1) is 17.8. The van der Waals surface area contributed by atoms with E-state index in [1.807, 2.05) is 6.92 Å². The molecule has 0 bridgehead atoms. The van der Waals surface area contributed by atoms with Gasteiger partial charge in [-0.2, -0.15) is 0 Å². The molecule has 3 aromatic rings. The summed E-state index contributed by atoms with van der Waals surface area (Å²) < 4.78 is 33.7. The Balaban J connectivity index is 2.08. The molecule has 0 unspecified atom stereocenters. The van der Waals surface area contributed by atoms with Gasteiger partial charge < -0.3 is 4.74 Å². The summed E-state index contributed by atoms with van der Waals surface area (Å²) in [5.41, 5.74) is 0.807. The van der Waals surface area contributed by atoms with Crippen LogP contribution in [0.5, 0.6) is 5.75 Å². The molecule has 1 aromatic heterocycles. The van der Waals surface area contributed by atoms with Gasteiger partial charge in [0.2, 0.25) is 0 Å². The Bertz CT molecular complexity index is 1040. The molecule has 8 heteroatoms. The molecule has 0 aliphatic rings. The Labute approximate surface area is 155 Å². The molecule has 0 saturated heterocycles. The lowest BCUT2D eigenvalue weighted by molar-refractivity contribution is 0.343. The summed E-state index contributed by atoms with van der Waals surface area (Å²) in [6, 6.07) is 11.0. The van der Waals surface area contributed by atoms with E-state index in [2.05, 4.69) is 9.71 Å². The monoisotopic (exact) mass is 396 g/mol. The van der Waals surface area contributed by atoms with Crippen molar-refractivity contribution in [3.05, 3.63) is 58.7 Å². The molecule has 5 nitrogen and oxygen atoms in total. The number of ether oxygens (including phenoxy) is 1. The van der Waals surface area contributed by atoms with Gasteiger partial charge in [-0.05, 0) is 49.4 Å². The van der Waals surface area contributed by atoms with Crippen molar-refractivity contribution in [1.29, 1.82) is 0 Å². The Morgan fingerprint density at radius 2 is 1.92 bits per heavy atom. The second-order valence-electron chi connectivity index (χ2n) is 5.13. The maximum atomic E-state index is 12.8. The maximum absolute atomic E-state index is 12.8. The molecule has 130 valence electrons. The fraction of sp³-hybridized carbons (Fsp3) is 0.118. The van der Waals surface area contributed by atoms with Gasteiger partial charge in [-0.25, -0.2) is 8.42 Å². The molecule has 0 amide bonds. The summed E-state index contributed by atoms with van der Waals surface area (Å²) in [5, 5.41) is 1.08. The zero-order valence-corrected chi connectivity index (χ0v) is 15.5. The van der Waals surface area contributed by atoms with Crippen LogP contribution in [-0.4, -0.2) is 20.0 Å². The zero-order chi connectivity index (χ0) is 18.0. The van der Waals surface area contributed by atoms with E-state index < -0.39 is 10.0 Å². The second-order valence-corrected chi connectivity index (χ2v) is 7.59. The fourth-order valence-corrected chi connectivity index (χ4v) is 3.94. The molecule has 3 rings (SSSR count). The summed E-state index contributed by atoms with van der Waals surface area (Å²) in [6.07, 6.45) is 1.59. The molecule has 2 aromatic carbocycles. The first-order chi connectivity index (χ1) is 11.9. The summed E-state index contributed by atoms with van der Waals surface area (Å²) >= 11 is 11.8. The van der Waals surface area contributed by atoms with Crippen LogP contribution < -0.4 is 9.46 Å². The second kappa shape index (κ2) is 7.07. The number of halogens is 2. The summed E-state index contributed by atoms with van der Waals surface area (Å²) in [4.78, 5) is 4.35. The molecule has 0 fully saturated rings. The van der Waals surface area contributed by atoms with Gasteiger partial charge in [-0.3, -0.25) is 9.71 Å². The number of hydrogen-bond acceptors (Lipinski definition) is 4. The third-order valence-corrected chi connectivity index (χ3v) is 5.63. The average Bonchev–Trinajstić information content (AvgIpc) is 2.58. The van der Waals surface area contributed by atoms with Crippen molar-refractivity contribution >= 4 is 49.8 Å². The Kier molecular flexibility index (Phi) is 5.03. The molecule has 0 saturated carbocycles. The molecule has 0 aliphatic heterocycles. The van der Waals surface area contributed by atoms with Crippen molar-refractivity contribution in [3.8, 4) is 5.75 Å². The van der Waals surface area contributed by atoms with Crippen LogP contribution in [0, 0.1) is 0 Å². The number of hydrogen-bond donors (Lipinski definition) is 1. The predicted octanol–water partition coefficient (Wildman–Crippen LogP) is 4.74. The lowest BCUT2D eigenvalue weighted by Crippen LogP contribution is -2.13. The Hall–Kier alpha value is -2.02. The van der Waals surface area contributed by atoms with Crippen molar-refractivity contribution in [1.82, 2.24) is 4.98 Å². The van der Waals surface area contributed by atoms with Crippen LogP contribution in [0.25, 0.3) is 10.9 Å². The molecule has 1 heterocycles. The number of nitrogens with one attached hydrogen (secondary N) is 1. The van der Waals surface area contributed by atoms with E-state index in [-0.39, 0.29) is 9.92 Å². The molecule has 1 N–H and O–H groups in total. The van der Waals surface area contributed by atoms with E-state index in [1.54, 1.807) is 30.5 Å². The fourth-order valence-electron chi connectivity index (χ4n) is 2.40. The van der Waals surface area contributed by atoms with Crippen LogP contribution in [0.15, 0.2) is 53.6 Å². The summed E-state index contributed by atoms with van der Waals surface area (Å²) in [7, 11) is -3.85. The zero-order valence-electron chi connectivity index (χ0n) is 13.2. The van der Waals surface area contributed by atoms with Gasteiger partial charge >= 0.3 is 0 Å². The van der Waals surface area contributed by atoms with E-state index in [1.165, 1.54) is 18.2 Å². The Morgan fingerprint density at radius 3 is 2.64 bits per heavy atom. The molecular weight excluding hydrogens is 383 g/mol. The highest BCUT2D eigenvalue weighted by atomic mass is 35.5. The standard InChI is InChI=1S/C17H14Cl2N2O3S/c1-2-24-15-7-8-16(12-4-3-9-20-17(12)15)25(22,23)21-11-5-6-13(18)14(19)10-11/h3-10,21H,2H2,1H3. The normalized spacial score (nSPS) is 11.5. The predicted molar refractivity (Wildman–Crippen MR) is 100 cm³/mol. The van der Waals surface area contributed by atoms with Crippen LogP contribution in [0.2, 0.25) is 10.0 Å². The number of benzene rings is 2. The van der Waals surface area contributed by atoms with Gasteiger partial charge in [-0.1, -0.05) is 23.2 Å². The first-order valence-electron chi connectivity index (χ1n) is 7.41. The van der Waals surface area contributed by atoms with E-state index >= 15 is 0 Å². The maximum Gasteiger partial charge on any atom is 0.262 e. The number of nitrogens with zero attached hydrogens (tertiary/aromatic N) is 1. The van der Waals surface area contributed by atoms with Gasteiger partial charge in [0, 0.05) is 11.6 Å². The molecule has 25 heavy (non-hydrogen) atoms. The van der Waals surface area contributed by atoms with E-state index in [9.17, 15) is 8.42 Å². The van der Waals surface area contributed by atoms with Crippen LogP contribution in [0.1, 0.15) is 6.92 Å². The van der Waals surface area contributed by atoms with Gasteiger partial charge in [0.1, 0.15) is 11.3 Å². The van der Waals surface area contributed by atoms with Crippen molar-refractivity contribution in [2.24, 2.45) is 0 Å². The smallest absolute Gasteiger partial charge is 0.262 e. The number of aromatic nitrogens is 1. The van der Waals surface area contributed by atoms with Crippen molar-refractivity contribution in [3.63, 3.8) is 0 Å². The Morgan fingerprint density at radius 1 is 1.12 bits per heavy atom. The lowest BCUT2D eigenvalue weighted by Gasteiger charge is -2.13. The SMILES string of the molecule is CCOc1ccc(S(=O)(=O)Nc2ccc(Cl)c(Cl)c2)c2cccnc12. The molecule has 0 aliphatic carbocycles. The summed E-state index contributed by atoms with van der Waals surface area (Å²) in [5.74, 6) is 0.534. The molecular formula is C17H14Cl2N2O3S. The van der Waals surface area contributed by atoms with Gasteiger partial charge in [0.15, 0.2) is 0 Å². The van der Waals surface area contributed by atoms with Crippen LogP contribution in [0.4, 0.5) is 5.69 Å². The van der Waals surface area contributed by atoms with Crippen molar-refractivity contribution in [2.45, 2.75) is 11.8 Å². The highest BCUT2D eigenvalue weighted by molar-refractivity contribution is 7.93. The molecule has 0 radical (unpaired) electrons. The minimum atomic E-state index is -3.85. The molecule has 0 spiro atoms. The number of anilines is 1. The summed E-state index contributed by atoms with van der Waals surface area (Å²) in [6.45, 7) is 2.31. The highest BCUT2D eigenvalue weighted by Gasteiger charge is 2.20. The van der Waals surface area contributed by atoms with Crippen LogP contribution in [0.3, 0.4) is 0 Å². The minimum absolute atomic E-state index is 0.102. The van der Waals surface area contributed by atoms with Gasteiger partial charge in [0.25, 0.3) is 10.0 Å². The largest absolute Gasteiger partial charge is 0.492 e. The van der Waals surface area contributed by atoms with E-state index in [4.69, 9.17) is 27.9 Å². The van der Waals surface area contributed by atoms with E-state index in [0.717, 1.165) is 0 Å². The van der Waals surface area contributed by atoms with E-state index in [0.29, 0.717) is 34.0 Å². The highest BCUT2D eigenvalue weighted by Crippen LogP contribution is 2.31. The topological polar surface area (TPSA) is 68.3 Å². The third kappa shape index (κ3) is 3.66. The third-order valence-electron chi connectivity index (χ3n) is 3.45. The van der Waals surface area contributed by atoms with Crippen LogP contribution in [-0.2, 0) is 10.0 Å². The van der Waals surface area contributed by atoms with Crippen molar-refractivity contribution < 1.29 is 13.2 Å². The number of pyridine rings is 1. The number of rotatable bonds is 5. The average molecular weight is 397 g/mol. The molecule has 0 atom stereocenters. The van der Waals surface area contributed by atoms with Crippen molar-refractivity contribution in [2.75, 3.05) is 11.3 Å². The lowest BCUT2D eigenvalue weighted by atomic mass is 10.2. The minimum Gasteiger partial charge on any atom is -0.492 e. The number of fused-ring (bicyclic) bond motifs is 1. The first-order valence-corrected chi connectivity index (χ1v) is 9.64.